The SMILES string of the molecule is COC(=O)C1=C(C)N=c2sc(=Cc3cccs3)c(=O)n2C1c1ccccc1. The number of nitrogens with zero attached hydrogens (tertiary/aromatic N) is 2. The lowest BCUT2D eigenvalue weighted by molar-refractivity contribution is -0.136. The van der Waals surface area contributed by atoms with Crippen LogP contribution in [0.3, 0.4) is 0 Å². The van der Waals surface area contributed by atoms with Gasteiger partial charge in [-0.15, -0.1) is 11.3 Å². The van der Waals surface area contributed by atoms with Crippen molar-refractivity contribution in [2.45, 2.75) is 13.0 Å². The fourth-order valence-corrected chi connectivity index (χ4v) is 4.92. The highest BCUT2D eigenvalue weighted by molar-refractivity contribution is 7.11. The summed E-state index contributed by atoms with van der Waals surface area (Å²) in [6.45, 7) is 1.78. The second-order valence-corrected chi connectivity index (χ2v) is 7.99. The number of ether oxygens (including phenoxy) is 1. The molecule has 1 aliphatic heterocycles. The quantitative estimate of drug-likeness (QED) is 0.639. The van der Waals surface area contributed by atoms with Gasteiger partial charge < -0.3 is 4.74 Å². The molecule has 7 heteroatoms. The molecule has 0 N–H and O–H groups in total. The summed E-state index contributed by atoms with van der Waals surface area (Å²) >= 11 is 2.90. The van der Waals surface area contributed by atoms with Crippen LogP contribution in [0.2, 0.25) is 0 Å². The predicted octanol–water partition coefficient (Wildman–Crippen LogP) is 2.47. The van der Waals surface area contributed by atoms with Crippen LogP contribution in [0.25, 0.3) is 6.08 Å². The molecular weight excluding hydrogens is 380 g/mol. The molecule has 1 aliphatic rings. The first kappa shape index (κ1) is 17.6. The van der Waals surface area contributed by atoms with Crippen LogP contribution < -0.4 is 14.9 Å². The number of carbonyl (C=O) groups excluding carboxylic acids is 1. The Morgan fingerprint density at radius 3 is 2.67 bits per heavy atom. The van der Waals surface area contributed by atoms with Gasteiger partial charge in [-0.1, -0.05) is 47.7 Å². The molecule has 0 amide bonds. The second kappa shape index (κ2) is 7.09. The topological polar surface area (TPSA) is 60.7 Å². The van der Waals surface area contributed by atoms with Crippen molar-refractivity contribution in [2.24, 2.45) is 4.99 Å². The fourth-order valence-electron chi connectivity index (χ4n) is 3.15. The van der Waals surface area contributed by atoms with Gasteiger partial charge in [0.05, 0.1) is 29.0 Å². The Morgan fingerprint density at radius 1 is 1.22 bits per heavy atom. The minimum atomic E-state index is -0.555. The third-order valence-electron chi connectivity index (χ3n) is 4.36. The standard InChI is InChI=1S/C20H16N2O3S2/c1-12-16(19(24)25-2)17(13-7-4-3-5-8-13)22-18(23)15(27-20(22)21-12)11-14-9-6-10-26-14/h3-11,17H,1-2H3. The molecule has 0 bridgehead atoms. The smallest absolute Gasteiger partial charge is 0.338 e. The summed E-state index contributed by atoms with van der Waals surface area (Å²) in [6.07, 6.45) is 1.87. The van der Waals surface area contributed by atoms with Crippen LogP contribution in [0.4, 0.5) is 0 Å². The summed E-state index contributed by atoms with van der Waals surface area (Å²) in [6, 6.07) is 12.8. The molecule has 1 aromatic carbocycles. The van der Waals surface area contributed by atoms with E-state index < -0.39 is 12.0 Å². The summed E-state index contributed by atoms with van der Waals surface area (Å²) < 4.78 is 7.17. The molecule has 0 fully saturated rings. The zero-order valence-electron chi connectivity index (χ0n) is 14.7. The minimum Gasteiger partial charge on any atom is -0.466 e. The van der Waals surface area contributed by atoms with Crippen molar-refractivity contribution >= 4 is 34.7 Å². The second-order valence-electron chi connectivity index (χ2n) is 6.00. The van der Waals surface area contributed by atoms with Crippen molar-refractivity contribution < 1.29 is 9.53 Å². The van der Waals surface area contributed by atoms with E-state index in [9.17, 15) is 9.59 Å². The van der Waals surface area contributed by atoms with E-state index in [-0.39, 0.29) is 5.56 Å². The first-order valence-corrected chi connectivity index (χ1v) is 9.99. The lowest BCUT2D eigenvalue weighted by Crippen LogP contribution is -2.39. The summed E-state index contributed by atoms with van der Waals surface area (Å²) in [4.78, 5) is 31.8. The van der Waals surface area contributed by atoms with Crippen LogP contribution in [-0.4, -0.2) is 17.6 Å². The van der Waals surface area contributed by atoms with Crippen molar-refractivity contribution in [1.29, 1.82) is 0 Å². The summed E-state index contributed by atoms with van der Waals surface area (Å²) in [5.41, 5.74) is 1.64. The number of hydrogen-bond donors (Lipinski definition) is 0. The maximum atomic E-state index is 13.2. The average molecular weight is 396 g/mol. The van der Waals surface area contributed by atoms with E-state index >= 15 is 0 Å². The lowest BCUT2D eigenvalue weighted by Gasteiger charge is -2.24. The number of rotatable bonds is 3. The lowest BCUT2D eigenvalue weighted by atomic mass is 9.96. The number of thiazole rings is 1. The molecule has 27 heavy (non-hydrogen) atoms. The third kappa shape index (κ3) is 3.09. The number of thiophene rings is 1. The molecule has 0 saturated heterocycles. The van der Waals surface area contributed by atoms with Crippen molar-refractivity contribution in [1.82, 2.24) is 4.57 Å². The molecular formula is C20H16N2O3S2. The van der Waals surface area contributed by atoms with Crippen LogP contribution in [0.1, 0.15) is 23.4 Å². The predicted molar refractivity (Wildman–Crippen MR) is 107 cm³/mol. The number of esters is 1. The van der Waals surface area contributed by atoms with Gasteiger partial charge in [0.2, 0.25) is 0 Å². The van der Waals surface area contributed by atoms with Gasteiger partial charge in [0, 0.05) is 4.88 Å². The van der Waals surface area contributed by atoms with Crippen molar-refractivity contribution in [3.63, 3.8) is 0 Å². The van der Waals surface area contributed by atoms with Gasteiger partial charge in [-0.05, 0) is 30.0 Å². The molecule has 3 aromatic rings. The summed E-state index contributed by atoms with van der Waals surface area (Å²) in [7, 11) is 1.34. The van der Waals surface area contributed by atoms with E-state index in [1.54, 1.807) is 22.8 Å². The van der Waals surface area contributed by atoms with Crippen molar-refractivity contribution in [3.8, 4) is 0 Å². The van der Waals surface area contributed by atoms with Gasteiger partial charge >= 0.3 is 5.97 Å². The van der Waals surface area contributed by atoms with Gasteiger partial charge in [0.25, 0.3) is 5.56 Å². The summed E-state index contributed by atoms with van der Waals surface area (Å²) in [5, 5.41) is 1.97. The molecule has 0 spiro atoms. The van der Waals surface area contributed by atoms with Crippen LogP contribution in [0.15, 0.2) is 68.9 Å². The van der Waals surface area contributed by atoms with Gasteiger partial charge in [-0.25, -0.2) is 9.79 Å². The van der Waals surface area contributed by atoms with Crippen LogP contribution >= 0.6 is 22.7 Å². The highest BCUT2D eigenvalue weighted by atomic mass is 32.1. The zero-order valence-corrected chi connectivity index (χ0v) is 16.3. The van der Waals surface area contributed by atoms with Crippen LogP contribution in [0, 0.1) is 0 Å². The first-order valence-electron chi connectivity index (χ1n) is 8.29. The average Bonchev–Trinajstić information content (AvgIpc) is 3.29. The van der Waals surface area contributed by atoms with Gasteiger partial charge in [0.1, 0.15) is 0 Å². The first-order chi connectivity index (χ1) is 13.1. The van der Waals surface area contributed by atoms with Crippen LogP contribution in [-0.2, 0) is 9.53 Å². The van der Waals surface area contributed by atoms with E-state index in [1.165, 1.54) is 18.4 Å². The van der Waals surface area contributed by atoms with E-state index in [2.05, 4.69) is 4.99 Å². The molecule has 1 atom stereocenters. The van der Waals surface area contributed by atoms with Crippen LogP contribution in [0.5, 0.6) is 0 Å². The maximum absolute atomic E-state index is 13.2. The molecule has 1 unspecified atom stereocenters. The Labute approximate surface area is 163 Å². The number of aromatic nitrogens is 1. The molecule has 136 valence electrons. The number of allylic oxidation sites excluding steroid dienone is 1. The highest BCUT2D eigenvalue weighted by Gasteiger charge is 2.32. The number of benzene rings is 1. The van der Waals surface area contributed by atoms with E-state index in [1.807, 2.05) is 53.9 Å². The third-order valence-corrected chi connectivity index (χ3v) is 6.16. The molecule has 3 heterocycles. The van der Waals surface area contributed by atoms with Gasteiger partial charge in [-0.3, -0.25) is 9.36 Å². The van der Waals surface area contributed by atoms with E-state index in [4.69, 9.17) is 4.74 Å². The molecule has 4 rings (SSSR count). The van der Waals surface area contributed by atoms with E-state index in [0.29, 0.717) is 20.6 Å². The molecule has 5 nitrogen and oxygen atoms in total. The normalized spacial score (nSPS) is 16.8. The van der Waals surface area contributed by atoms with Gasteiger partial charge in [0.15, 0.2) is 4.80 Å². The van der Waals surface area contributed by atoms with Crippen molar-refractivity contribution in [2.75, 3.05) is 7.11 Å². The zero-order chi connectivity index (χ0) is 19.0. The minimum absolute atomic E-state index is 0.157. The Hall–Kier alpha value is -2.77. The van der Waals surface area contributed by atoms with E-state index in [0.717, 1.165) is 10.4 Å². The highest BCUT2D eigenvalue weighted by Crippen LogP contribution is 2.30. The number of hydrogen-bond acceptors (Lipinski definition) is 6. The monoisotopic (exact) mass is 396 g/mol. The summed E-state index contributed by atoms with van der Waals surface area (Å²) in [5.74, 6) is -0.474. The Bertz CT molecular complexity index is 1200. The molecule has 0 radical (unpaired) electrons. The Balaban J connectivity index is 2.00. The fraction of sp³-hybridized carbons (Fsp3) is 0.150. The number of carbonyl (C=O) groups is 1. The van der Waals surface area contributed by atoms with Gasteiger partial charge in [-0.2, -0.15) is 0 Å². The largest absolute Gasteiger partial charge is 0.466 e. The molecule has 2 aromatic heterocycles. The maximum Gasteiger partial charge on any atom is 0.338 e. The number of fused-ring (bicyclic) bond motifs is 1. The molecule has 0 saturated carbocycles. The van der Waals surface area contributed by atoms with Crippen molar-refractivity contribution in [3.05, 3.63) is 89.2 Å². The molecule has 0 aliphatic carbocycles. The Kier molecular flexibility index (Phi) is 4.63. The Morgan fingerprint density at radius 2 is 2.00 bits per heavy atom. The number of methoxy groups -OCH3 is 1.